The van der Waals surface area contributed by atoms with Crippen molar-refractivity contribution in [3.05, 3.63) is 88.5 Å². The molecule has 3 aliphatic rings. The first kappa shape index (κ1) is 21.4. The predicted molar refractivity (Wildman–Crippen MR) is 127 cm³/mol. The van der Waals surface area contributed by atoms with Crippen LogP contribution in [0.5, 0.6) is 17.2 Å². The van der Waals surface area contributed by atoms with E-state index in [0.29, 0.717) is 41.5 Å². The first-order chi connectivity index (χ1) is 16.2. The summed E-state index contributed by atoms with van der Waals surface area (Å²) in [6.07, 6.45) is 1.27. The number of ether oxygens (including phenoxy) is 3. The van der Waals surface area contributed by atoms with E-state index in [9.17, 15) is 4.79 Å². The Balaban J connectivity index is 1.34. The normalized spacial score (nSPS) is 19.9. The van der Waals surface area contributed by atoms with E-state index in [1.165, 1.54) is 22.3 Å². The molecule has 5 nitrogen and oxygen atoms in total. The number of methoxy groups -OCH3 is 3. The van der Waals surface area contributed by atoms with Crippen LogP contribution in [-0.4, -0.2) is 33.8 Å². The maximum Gasteiger partial charge on any atom is 0.224 e. The van der Waals surface area contributed by atoms with Gasteiger partial charge in [0.25, 0.3) is 0 Å². The van der Waals surface area contributed by atoms with Crippen molar-refractivity contribution >= 4 is 5.91 Å². The first-order valence-corrected chi connectivity index (χ1v) is 11.4. The lowest BCUT2D eigenvalue weighted by molar-refractivity contribution is -0.120. The molecule has 0 heterocycles. The number of benzene rings is 3. The highest BCUT2D eigenvalue weighted by Crippen LogP contribution is 2.55. The van der Waals surface area contributed by atoms with Crippen LogP contribution in [0.15, 0.2) is 60.7 Å². The van der Waals surface area contributed by atoms with E-state index in [1.54, 1.807) is 27.4 Å². The third kappa shape index (κ3) is 3.62. The third-order valence-electron chi connectivity index (χ3n) is 7.12. The Bertz CT molecular complexity index is 1140. The van der Waals surface area contributed by atoms with Crippen molar-refractivity contribution in [2.45, 2.75) is 24.7 Å². The zero-order valence-corrected chi connectivity index (χ0v) is 19.3. The number of hydrogen-bond donors (Lipinski definition) is 1. The molecule has 0 radical (unpaired) electrons. The van der Waals surface area contributed by atoms with E-state index in [4.69, 9.17) is 14.2 Å². The summed E-state index contributed by atoms with van der Waals surface area (Å²) in [6, 6.07) is 21.2. The van der Waals surface area contributed by atoms with Gasteiger partial charge in [0, 0.05) is 23.9 Å². The van der Waals surface area contributed by atoms with Gasteiger partial charge in [0.1, 0.15) is 0 Å². The minimum Gasteiger partial charge on any atom is -0.493 e. The summed E-state index contributed by atoms with van der Waals surface area (Å²) in [7, 11) is 4.72. The molecule has 33 heavy (non-hydrogen) atoms. The Morgan fingerprint density at radius 1 is 0.818 bits per heavy atom. The van der Waals surface area contributed by atoms with Crippen molar-refractivity contribution in [3.63, 3.8) is 0 Å². The Morgan fingerprint density at radius 2 is 1.42 bits per heavy atom. The second-order valence-electron chi connectivity index (χ2n) is 8.76. The summed E-state index contributed by atoms with van der Waals surface area (Å²) in [5.41, 5.74) is 6.48. The molecule has 1 amide bonds. The molecule has 0 aromatic heterocycles. The fraction of sp³-hybridized carbons (Fsp3) is 0.321. The molecule has 170 valence electrons. The van der Waals surface area contributed by atoms with Crippen molar-refractivity contribution in [2.75, 3.05) is 27.9 Å². The molecule has 0 unspecified atom stereocenters. The number of nitrogens with one attached hydrogen (secondary N) is 1. The molecule has 0 aliphatic heterocycles. The molecule has 2 bridgehead atoms. The van der Waals surface area contributed by atoms with Crippen molar-refractivity contribution in [1.82, 2.24) is 5.32 Å². The molecule has 0 saturated carbocycles. The van der Waals surface area contributed by atoms with Crippen molar-refractivity contribution in [3.8, 4) is 17.2 Å². The number of hydrogen-bond acceptors (Lipinski definition) is 4. The van der Waals surface area contributed by atoms with E-state index >= 15 is 0 Å². The summed E-state index contributed by atoms with van der Waals surface area (Å²) in [5.74, 6) is 2.68. The molecule has 0 spiro atoms. The van der Waals surface area contributed by atoms with Gasteiger partial charge in [-0.3, -0.25) is 4.79 Å². The highest BCUT2D eigenvalue weighted by molar-refractivity contribution is 5.80. The Morgan fingerprint density at radius 3 is 2.00 bits per heavy atom. The zero-order chi connectivity index (χ0) is 22.9. The van der Waals surface area contributed by atoms with Crippen LogP contribution in [0.3, 0.4) is 0 Å². The van der Waals surface area contributed by atoms with E-state index in [-0.39, 0.29) is 12.3 Å². The van der Waals surface area contributed by atoms with E-state index in [2.05, 4.69) is 53.8 Å². The quantitative estimate of drug-likeness (QED) is 0.577. The van der Waals surface area contributed by atoms with Crippen LogP contribution in [-0.2, 0) is 11.2 Å². The Hall–Kier alpha value is -3.47. The van der Waals surface area contributed by atoms with Gasteiger partial charge in [0.2, 0.25) is 11.7 Å². The van der Waals surface area contributed by atoms with Gasteiger partial charge >= 0.3 is 0 Å². The van der Waals surface area contributed by atoms with Crippen LogP contribution in [0.2, 0.25) is 0 Å². The summed E-state index contributed by atoms with van der Waals surface area (Å²) in [5, 5.41) is 3.20. The maximum atomic E-state index is 12.9. The summed E-state index contributed by atoms with van der Waals surface area (Å²) >= 11 is 0. The lowest BCUT2D eigenvalue weighted by atomic mass is 9.59. The minimum atomic E-state index is -0.0245. The van der Waals surface area contributed by atoms with Gasteiger partial charge in [-0.05, 0) is 40.7 Å². The topological polar surface area (TPSA) is 56.8 Å². The van der Waals surface area contributed by atoms with Crippen LogP contribution < -0.4 is 19.5 Å². The van der Waals surface area contributed by atoms with Crippen LogP contribution in [0.1, 0.15) is 46.1 Å². The third-order valence-corrected chi connectivity index (χ3v) is 7.12. The number of carbonyl (C=O) groups is 1. The largest absolute Gasteiger partial charge is 0.493 e. The molecule has 0 fully saturated rings. The SMILES string of the molecule is COc1ccc(CC(=O)NC[C@@H]2CC3c4ccccc4C2c2ccccc23)c(OC)c1OC. The molecular formula is C28H29NO4. The van der Waals surface area contributed by atoms with Gasteiger partial charge in [-0.1, -0.05) is 54.6 Å². The fourth-order valence-electron chi connectivity index (χ4n) is 5.74. The standard InChI is InChI=1S/C28H29NO4/c1-31-24-13-12-17(27(32-2)28(24)33-3)15-25(30)29-16-18-14-23-19-8-4-6-10-21(19)26(18)22-11-7-5-9-20(22)23/h4-13,18,23,26H,14-16H2,1-3H3,(H,29,30)/t18-,23?,26?/m0/s1. The average molecular weight is 444 g/mol. The fourth-order valence-corrected chi connectivity index (χ4v) is 5.74. The molecule has 6 rings (SSSR count). The molecule has 1 N–H and O–H groups in total. The smallest absolute Gasteiger partial charge is 0.224 e. The van der Waals surface area contributed by atoms with Gasteiger partial charge in [-0.2, -0.15) is 0 Å². The van der Waals surface area contributed by atoms with Crippen molar-refractivity contribution in [1.29, 1.82) is 0 Å². The molecule has 0 saturated heterocycles. The number of carbonyl (C=O) groups excluding carboxylic acids is 1. The van der Waals surface area contributed by atoms with Crippen LogP contribution in [0.25, 0.3) is 0 Å². The highest BCUT2D eigenvalue weighted by atomic mass is 16.5. The van der Waals surface area contributed by atoms with Crippen molar-refractivity contribution in [2.24, 2.45) is 5.92 Å². The number of rotatable bonds is 7. The minimum absolute atomic E-state index is 0.0245. The molecule has 1 atom stereocenters. The molecule has 3 aliphatic carbocycles. The lowest BCUT2D eigenvalue weighted by Gasteiger charge is -2.45. The predicted octanol–water partition coefficient (Wildman–Crippen LogP) is 4.67. The van der Waals surface area contributed by atoms with Gasteiger partial charge in [-0.25, -0.2) is 0 Å². The van der Waals surface area contributed by atoms with Crippen LogP contribution >= 0.6 is 0 Å². The van der Waals surface area contributed by atoms with Crippen LogP contribution in [0.4, 0.5) is 0 Å². The van der Waals surface area contributed by atoms with Gasteiger partial charge in [-0.15, -0.1) is 0 Å². The number of amides is 1. The highest BCUT2D eigenvalue weighted by Gasteiger charge is 2.42. The maximum absolute atomic E-state index is 12.9. The molecule has 3 aromatic carbocycles. The van der Waals surface area contributed by atoms with E-state index in [0.717, 1.165) is 12.0 Å². The first-order valence-electron chi connectivity index (χ1n) is 11.4. The Labute approximate surface area is 194 Å². The molecule has 3 aromatic rings. The summed E-state index contributed by atoms with van der Waals surface area (Å²) in [6.45, 7) is 0.651. The summed E-state index contributed by atoms with van der Waals surface area (Å²) < 4.78 is 16.3. The van der Waals surface area contributed by atoms with Crippen molar-refractivity contribution < 1.29 is 19.0 Å². The second kappa shape index (κ2) is 8.81. The molecular weight excluding hydrogens is 414 g/mol. The lowest BCUT2D eigenvalue weighted by Crippen LogP contribution is -2.39. The average Bonchev–Trinajstić information content (AvgIpc) is 2.87. The van der Waals surface area contributed by atoms with Gasteiger partial charge < -0.3 is 19.5 Å². The second-order valence-corrected chi connectivity index (χ2v) is 8.76. The van der Waals surface area contributed by atoms with E-state index in [1.807, 2.05) is 6.07 Å². The van der Waals surface area contributed by atoms with E-state index < -0.39 is 0 Å². The van der Waals surface area contributed by atoms with Crippen LogP contribution in [0, 0.1) is 5.92 Å². The van der Waals surface area contributed by atoms with Gasteiger partial charge in [0.15, 0.2) is 11.5 Å². The number of fused-ring (bicyclic) bond motifs is 1. The van der Waals surface area contributed by atoms with Gasteiger partial charge in [0.05, 0.1) is 27.8 Å². The zero-order valence-electron chi connectivity index (χ0n) is 19.3. The summed E-state index contributed by atoms with van der Waals surface area (Å²) in [4.78, 5) is 12.9. The molecule has 5 heteroatoms. The Kier molecular flexibility index (Phi) is 5.71. The monoisotopic (exact) mass is 443 g/mol.